The molecule has 0 saturated carbocycles. The molecule has 0 aliphatic rings. The third kappa shape index (κ3) is 3.07. The maximum Gasteiger partial charge on any atom is 0.0705 e. The van der Waals surface area contributed by atoms with Crippen molar-refractivity contribution >= 4 is 22.5 Å². The highest BCUT2D eigenvalue weighted by Gasteiger charge is 2.11. The smallest absolute Gasteiger partial charge is 0.0705 e. The monoisotopic (exact) mass is 296 g/mol. The molecule has 0 radical (unpaired) electrons. The van der Waals surface area contributed by atoms with E-state index in [9.17, 15) is 0 Å². The first kappa shape index (κ1) is 14.1. The average molecular weight is 297 g/mol. The number of halogens is 1. The highest BCUT2D eigenvalue weighted by molar-refractivity contribution is 6.30. The fourth-order valence-electron chi connectivity index (χ4n) is 2.61. The fraction of sp³-hybridized carbons (Fsp3) is 0.167. The molecule has 1 atom stereocenters. The van der Waals surface area contributed by atoms with E-state index in [1.807, 2.05) is 49.4 Å². The molecule has 3 aromatic rings. The number of rotatable bonds is 3. The Bertz CT molecular complexity index is 783. The van der Waals surface area contributed by atoms with Gasteiger partial charge in [0.25, 0.3) is 0 Å². The van der Waals surface area contributed by atoms with Crippen molar-refractivity contribution in [2.45, 2.75) is 19.4 Å². The van der Waals surface area contributed by atoms with Gasteiger partial charge < -0.3 is 5.73 Å². The summed E-state index contributed by atoms with van der Waals surface area (Å²) >= 11 is 5.99. The van der Waals surface area contributed by atoms with Crippen LogP contribution in [0.1, 0.15) is 22.9 Å². The van der Waals surface area contributed by atoms with Gasteiger partial charge in [0, 0.05) is 28.6 Å². The van der Waals surface area contributed by atoms with Crippen molar-refractivity contribution in [3.8, 4) is 0 Å². The van der Waals surface area contributed by atoms with Gasteiger partial charge in [-0.25, -0.2) is 0 Å². The van der Waals surface area contributed by atoms with E-state index in [1.165, 1.54) is 0 Å². The second kappa shape index (κ2) is 5.84. The number of para-hydroxylation sites is 1. The maximum absolute atomic E-state index is 6.34. The van der Waals surface area contributed by atoms with Crippen LogP contribution in [0.2, 0.25) is 5.02 Å². The lowest BCUT2D eigenvalue weighted by Gasteiger charge is -2.15. The minimum atomic E-state index is -0.0732. The summed E-state index contributed by atoms with van der Waals surface area (Å²) in [7, 11) is 0. The van der Waals surface area contributed by atoms with Gasteiger partial charge in [-0.3, -0.25) is 4.98 Å². The van der Waals surface area contributed by atoms with Crippen LogP contribution in [0, 0.1) is 6.92 Å². The average Bonchev–Trinajstić information content (AvgIpc) is 2.47. The molecule has 0 saturated heterocycles. The Kier molecular flexibility index (Phi) is 3.91. The molecule has 1 aromatic heterocycles. The zero-order valence-electron chi connectivity index (χ0n) is 11.9. The molecular formula is C18H17ClN2. The van der Waals surface area contributed by atoms with Gasteiger partial charge in [-0.1, -0.05) is 41.9 Å². The van der Waals surface area contributed by atoms with Gasteiger partial charge in [-0.2, -0.15) is 0 Å². The molecule has 106 valence electrons. The van der Waals surface area contributed by atoms with Crippen LogP contribution in [0.15, 0.2) is 54.6 Å². The molecule has 0 amide bonds. The molecule has 0 aliphatic heterocycles. The first-order valence-corrected chi connectivity index (χ1v) is 7.37. The van der Waals surface area contributed by atoms with E-state index in [2.05, 4.69) is 17.1 Å². The number of hydrogen-bond acceptors (Lipinski definition) is 2. The topological polar surface area (TPSA) is 38.9 Å². The van der Waals surface area contributed by atoms with Gasteiger partial charge in [-0.15, -0.1) is 0 Å². The Morgan fingerprint density at radius 1 is 1.10 bits per heavy atom. The number of nitrogens with zero attached hydrogens (tertiary/aromatic N) is 1. The summed E-state index contributed by atoms with van der Waals surface area (Å²) in [5.74, 6) is 0. The van der Waals surface area contributed by atoms with Crippen LogP contribution in [0.25, 0.3) is 10.9 Å². The number of benzene rings is 2. The lowest BCUT2D eigenvalue weighted by molar-refractivity contribution is 0.704. The number of aryl methyl sites for hydroxylation is 1. The third-order valence-corrected chi connectivity index (χ3v) is 3.95. The van der Waals surface area contributed by atoms with E-state index < -0.39 is 0 Å². The van der Waals surface area contributed by atoms with Crippen molar-refractivity contribution in [3.63, 3.8) is 0 Å². The second-order valence-corrected chi connectivity index (χ2v) is 5.74. The Hall–Kier alpha value is -1.90. The van der Waals surface area contributed by atoms with Crippen LogP contribution in [0.5, 0.6) is 0 Å². The Morgan fingerprint density at radius 2 is 1.90 bits per heavy atom. The van der Waals surface area contributed by atoms with Crippen molar-refractivity contribution in [3.05, 3.63) is 76.4 Å². The molecule has 1 unspecified atom stereocenters. The van der Waals surface area contributed by atoms with E-state index >= 15 is 0 Å². The van der Waals surface area contributed by atoms with Crippen LogP contribution in [-0.2, 0) is 6.42 Å². The molecule has 0 fully saturated rings. The van der Waals surface area contributed by atoms with Gasteiger partial charge in [0.1, 0.15) is 0 Å². The first-order chi connectivity index (χ1) is 10.1. The van der Waals surface area contributed by atoms with Gasteiger partial charge in [0.05, 0.1) is 5.52 Å². The molecule has 1 heterocycles. The predicted octanol–water partition coefficient (Wildman–Crippen LogP) is 4.44. The van der Waals surface area contributed by atoms with Crippen LogP contribution in [0.3, 0.4) is 0 Å². The van der Waals surface area contributed by atoms with Crippen molar-refractivity contribution in [2.24, 2.45) is 5.73 Å². The highest BCUT2D eigenvalue weighted by Crippen LogP contribution is 2.23. The maximum atomic E-state index is 6.34. The van der Waals surface area contributed by atoms with E-state index in [0.717, 1.165) is 32.7 Å². The summed E-state index contributed by atoms with van der Waals surface area (Å²) in [5, 5.41) is 1.89. The molecule has 2 nitrogen and oxygen atoms in total. The molecule has 0 bridgehead atoms. The van der Waals surface area contributed by atoms with Crippen LogP contribution >= 0.6 is 11.6 Å². The van der Waals surface area contributed by atoms with Gasteiger partial charge in [0.15, 0.2) is 0 Å². The van der Waals surface area contributed by atoms with E-state index in [1.54, 1.807) is 0 Å². The quantitative estimate of drug-likeness (QED) is 0.776. The summed E-state index contributed by atoms with van der Waals surface area (Å²) in [5.41, 5.74) is 10.6. The summed E-state index contributed by atoms with van der Waals surface area (Å²) in [6.45, 7) is 2.04. The fourth-order valence-corrected chi connectivity index (χ4v) is 2.84. The van der Waals surface area contributed by atoms with E-state index in [-0.39, 0.29) is 6.04 Å². The Labute approximate surface area is 129 Å². The number of nitrogens with two attached hydrogens (primary N) is 1. The normalized spacial score (nSPS) is 12.5. The van der Waals surface area contributed by atoms with Crippen LogP contribution < -0.4 is 5.73 Å². The number of hydrogen-bond donors (Lipinski definition) is 1. The lowest BCUT2D eigenvalue weighted by atomic mass is 9.98. The van der Waals surface area contributed by atoms with Crippen molar-refractivity contribution in [2.75, 3.05) is 0 Å². The third-order valence-electron chi connectivity index (χ3n) is 3.72. The zero-order chi connectivity index (χ0) is 14.8. The zero-order valence-corrected chi connectivity index (χ0v) is 12.6. The van der Waals surface area contributed by atoms with Crippen LogP contribution in [0.4, 0.5) is 0 Å². The SMILES string of the molecule is Cc1cc(Cl)ccc1C(N)Cc1ccc2ccccc2n1. The minimum Gasteiger partial charge on any atom is -0.324 e. The minimum absolute atomic E-state index is 0.0732. The standard InChI is InChI=1S/C18H17ClN2/c1-12-10-14(19)7-9-16(12)17(20)11-15-8-6-13-4-2-3-5-18(13)21-15/h2-10,17H,11,20H2,1H3. The van der Waals surface area contributed by atoms with E-state index in [0.29, 0.717) is 6.42 Å². The van der Waals surface area contributed by atoms with Gasteiger partial charge in [0.2, 0.25) is 0 Å². The summed E-state index contributed by atoms with van der Waals surface area (Å²) < 4.78 is 0. The summed E-state index contributed by atoms with van der Waals surface area (Å²) in [6.07, 6.45) is 0.716. The molecular weight excluding hydrogens is 280 g/mol. The first-order valence-electron chi connectivity index (χ1n) is 7.00. The predicted molar refractivity (Wildman–Crippen MR) is 88.6 cm³/mol. The largest absolute Gasteiger partial charge is 0.324 e. The van der Waals surface area contributed by atoms with Crippen molar-refractivity contribution < 1.29 is 0 Å². The second-order valence-electron chi connectivity index (χ2n) is 5.31. The Balaban J connectivity index is 1.87. The van der Waals surface area contributed by atoms with Crippen molar-refractivity contribution in [1.29, 1.82) is 0 Å². The summed E-state index contributed by atoms with van der Waals surface area (Å²) in [6, 6.07) is 18.0. The molecule has 21 heavy (non-hydrogen) atoms. The van der Waals surface area contributed by atoms with Gasteiger partial charge in [-0.05, 0) is 42.3 Å². The Morgan fingerprint density at radius 3 is 2.71 bits per heavy atom. The van der Waals surface area contributed by atoms with Gasteiger partial charge >= 0.3 is 0 Å². The highest BCUT2D eigenvalue weighted by atomic mass is 35.5. The molecule has 2 aromatic carbocycles. The van der Waals surface area contributed by atoms with E-state index in [4.69, 9.17) is 17.3 Å². The summed E-state index contributed by atoms with van der Waals surface area (Å²) in [4.78, 5) is 4.68. The molecule has 2 N–H and O–H groups in total. The molecule has 0 spiro atoms. The number of aromatic nitrogens is 1. The number of fused-ring (bicyclic) bond motifs is 1. The van der Waals surface area contributed by atoms with Crippen LogP contribution in [-0.4, -0.2) is 4.98 Å². The molecule has 3 rings (SSSR count). The molecule has 3 heteroatoms. The lowest BCUT2D eigenvalue weighted by Crippen LogP contribution is -2.15. The number of pyridine rings is 1. The van der Waals surface area contributed by atoms with Crippen molar-refractivity contribution in [1.82, 2.24) is 4.98 Å². The molecule has 0 aliphatic carbocycles.